The van der Waals surface area contributed by atoms with Gasteiger partial charge in [-0.2, -0.15) is 4.98 Å². The maximum atomic E-state index is 6.17. The third-order valence-electron chi connectivity index (χ3n) is 4.39. The van der Waals surface area contributed by atoms with Crippen molar-refractivity contribution in [3.05, 3.63) is 83.2 Å². The highest BCUT2D eigenvalue weighted by molar-refractivity contribution is 6.29. The lowest BCUT2D eigenvalue weighted by Gasteiger charge is -2.18. The monoisotopic (exact) mass is 347 g/mol. The zero-order valence-electron chi connectivity index (χ0n) is 13.9. The number of aromatic nitrogens is 2. The van der Waals surface area contributed by atoms with Crippen molar-refractivity contribution in [2.75, 3.05) is 5.32 Å². The number of hydrogen-bond acceptors (Lipinski definition) is 3. The SMILES string of the molecule is Cc1cccc(Nc2nc(Cl)nc3cccc(C4C=CC=CC4)c23)c1. The summed E-state index contributed by atoms with van der Waals surface area (Å²) in [5, 5.41) is 4.71. The van der Waals surface area contributed by atoms with E-state index in [-0.39, 0.29) is 5.28 Å². The second-order valence-electron chi connectivity index (χ2n) is 6.23. The summed E-state index contributed by atoms with van der Waals surface area (Å²) in [5.74, 6) is 1.07. The van der Waals surface area contributed by atoms with Crippen molar-refractivity contribution in [2.24, 2.45) is 0 Å². The van der Waals surface area contributed by atoms with Crippen LogP contribution in [0.3, 0.4) is 0 Å². The van der Waals surface area contributed by atoms with Crippen LogP contribution < -0.4 is 5.32 Å². The summed E-state index contributed by atoms with van der Waals surface area (Å²) in [6, 6.07) is 14.4. The van der Waals surface area contributed by atoms with Gasteiger partial charge in [-0.1, -0.05) is 48.6 Å². The highest BCUT2D eigenvalue weighted by Gasteiger charge is 2.17. The molecule has 0 saturated carbocycles. The number of fused-ring (bicyclic) bond motifs is 1. The van der Waals surface area contributed by atoms with Gasteiger partial charge in [-0.25, -0.2) is 4.98 Å². The van der Waals surface area contributed by atoms with Gasteiger partial charge in [0.15, 0.2) is 0 Å². The minimum atomic E-state index is 0.249. The first-order valence-electron chi connectivity index (χ1n) is 8.34. The van der Waals surface area contributed by atoms with E-state index in [9.17, 15) is 0 Å². The van der Waals surface area contributed by atoms with Crippen LogP contribution in [0.2, 0.25) is 5.28 Å². The minimum absolute atomic E-state index is 0.249. The number of benzene rings is 2. The van der Waals surface area contributed by atoms with Crippen molar-refractivity contribution in [3.63, 3.8) is 0 Å². The summed E-state index contributed by atoms with van der Waals surface area (Å²) in [6.45, 7) is 2.07. The van der Waals surface area contributed by atoms with Gasteiger partial charge in [-0.3, -0.25) is 0 Å². The second kappa shape index (κ2) is 6.69. The summed E-state index contributed by atoms with van der Waals surface area (Å²) in [7, 11) is 0. The van der Waals surface area contributed by atoms with Gasteiger partial charge in [-0.15, -0.1) is 0 Å². The van der Waals surface area contributed by atoms with Gasteiger partial charge in [0.25, 0.3) is 0 Å². The standard InChI is InChI=1S/C21H18ClN3/c1-14-7-5-10-16(13-14)23-20-19-17(15-8-3-2-4-9-15)11-6-12-18(19)24-21(22)25-20/h2-8,10-13,15H,9H2,1H3,(H,23,24,25). The van der Waals surface area contributed by atoms with E-state index < -0.39 is 0 Å². The number of rotatable bonds is 3. The highest BCUT2D eigenvalue weighted by Crippen LogP contribution is 2.35. The lowest BCUT2D eigenvalue weighted by Crippen LogP contribution is -2.03. The zero-order valence-corrected chi connectivity index (χ0v) is 14.7. The summed E-state index contributed by atoms with van der Waals surface area (Å²) >= 11 is 6.17. The molecule has 25 heavy (non-hydrogen) atoms. The predicted molar refractivity (Wildman–Crippen MR) is 105 cm³/mol. The Morgan fingerprint density at radius 1 is 1.08 bits per heavy atom. The fourth-order valence-corrected chi connectivity index (χ4v) is 3.43. The molecule has 1 atom stereocenters. The van der Waals surface area contributed by atoms with E-state index in [0.717, 1.165) is 28.8 Å². The summed E-state index contributed by atoms with van der Waals surface area (Å²) in [6.07, 6.45) is 9.56. The topological polar surface area (TPSA) is 37.8 Å². The average molecular weight is 348 g/mol. The molecular weight excluding hydrogens is 330 g/mol. The van der Waals surface area contributed by atoms with Gasteiger partial charge in [0.05, 0.1) is 5.52 Å². The molecule has 1 aromatic heterocycles. The number of halogens is 1. The smallest absolute Gasteiger partial charge is 0.224 e. The van der Waals surface area contributed by atoms with Gasteiger partial charge in [0, 0.05) is 17.0 Å². The van der Waals surface area contributed by atoms with Crippen LogP contribution in [0.15, 0.2) is 66.8 Å². The first-order chi connectivity index (χ1) is 12.2. The molecular formula is C21H18ClN3. The van der Waals surface area contributed by atoms with Crippen LogP contribution in [-0.4, -0.2) is 9.97 Å². The predicted octanol–water partition coefficient (Wildman–Crippen LogP) is 5.93. The summed E-state index contributed by atoms with van der Waals surface area (Å²) < 4.78 is 0. The van der Waals surface area contributed by atoms with E-state index >= 15 is 0 Å². The van der Waals surface area contributed by atoms with Gasteiger partial charge in [0.2, 0.25) is 5.28 Å². The van der Waals surface area contributed by atoms with Crippen molar-refractivity contribution < 1.29 is 0 Å². The van der Waals surface area contributed by atoms with Crippen LogP contribution in [-0.2, 0) is 0 Å². The van der Waals surface area contributed by atoms with Crippen LogP contribution in [0, 0.1) is 6.92 Å². The van der Waals surface area contributed by atoms with Gasteiger partial charge in [0.1, 0.15) is 5.82 Å². The van der Waals surface area contributed by atoms with Crippen molar-refractivity contribution in [2.45, 2.75) is 19.3 Å². The molecule has 0 saturated heterocycles. The molecule has 1 aliphatic carbocycles. The summed E-state index contributed by atoms with van der Waals surface area (Å²) in [5.41, 5.74) is 4.25. The van der Waals surface area contributed by atoms with E-state index in [1.54, 1.807) is 0 Å². The largest absolute Gasteiger partial charge is 0.340 e. The van der Waals surface area contributed by atoms with Crippen molar-refractivity contribution >= 4 is 34.0 Å². The van der Waals surface area contributed by atoms with Crippen LogP contribution in [0.5, 0.6) is 0 Å². The van der Waals surface area contributed by atoms with E-state index in [1.165, 1.54) is 11.1 Å². The molecule has 3 nitrogen and oxygen atoms in total. The lowest BCUT2D eigenvalue weighted by molar-refractivity contribution is 0.861. The molecule has 0 aliphatic heterocycles. The van der Waals surface area contributed by atoms with E-state index in [4.69, 9.17) is 11.6 Å². The van der Waals surface area contributed by atoms with E-state index in [2.05, 4.69) is 64.7 Å². The molecule has 1 N–H and O–H groups in total. The molecule has 0 bridgehead atoms. The number of anilines is 2. The molecule has 3 aromatic rings. The lowest BCUT2D eigenvalue weighted by atomic mass is 9.90. The Morgan fingerprint density at radius 3 is 2.76 bits per heavy atom. The first kappa shape index (κ1) is 15.9. The van der Waals surface area contributed by atoms with Crippen molar-refractivity contribution in [1.82, 2.24) is 9.97 Å². The fourth-order valence-electron chi connectivity index (χ4n) is 3.25. The first-order valence-corrected chi connectivity index (χ1v) is 8.72. The van der Waals surface area contributed by atoms with Crippen LogP contribution in [0.25, 0.3) is 10.9 Å². The zero-order chi connectivity index (χ0) is 17.2. The molecule has 0 radical (unpaired) electrons. The Hall–Kier alpha value is -2.65. The Bertz CT molecular complexity index is 992. The highest BCUT2D eigenvalue weighted by atomic mass is 35.5. The van der Waals surface area contributed by atoms with E-state index in [0.29, 0.717) is 5.92 Å². The quantitative estimate of drug-likeness (QED) is 0.596. The Labute approximate surface area is 152 Å². The van der Waals surface area contributed by atoms with Crippen molar-refractivity contribution in [3.8, 4) is 0 Å². The average Bonchev–Trinajstić information content (AvgIpc) is 2.62. The summed E-state index contributed by atoms with van der Waals surface area (Å²) in [4.78, 5) is 8.91. The molecule has 4 heteroatoms. The van der Waals surface area contributed by atoms with Crippen LogP contribution in [0.1, 0.15) is 23.5 Å². The molecule has 1 unspecified atom stereocenters. The molecule has 2 aromatic carbocycles. The van der Waals surface area contributed by atoms with Gasteiger partial charge < -0.3 is 5.32 Å². The Balaban J connectivity index is 1.87. The molecule has 1 heterocycles. The second-order valence-corrected chi connectivity index (χ2v) is 6.57. The van der Waals surface area contributed by atoms with Crippen LogP contribution >= 0.6 is 11.6 Å². The third-order valence-corrected chi connectivity index (χ3v) is 4.56. The Morgan fingerprint density at radius 2 is 1.96 bits per heavy atom. The number of aryl methyl sites for hydroxylation is 1. The van der Waals surface area contributed by atoms with Gasteiger partial charge in [-0.05, 0) is 54.3 Å². The molecule has 0 amide bonds. The normalized spacial score (nSPS) is 16.3. The number of nitrogens with one attached hydrogen (secondary N) is 1. The van der Waals surface area contributed by atoms with Crippen molar-refractivity contribution in [1.29, 1.82) is 0 Å². The van der Waals surface area contributed by atoms with Crippen LogP contribution in [0.4, 0.5) is 11.5 Å². The van der Waals surface area contributed by atoms with E-state index in [1.807, 2.05) is 24.3 Å². The molecule has 124 valence electrons. The maximum Gasteiger partial charge on any atom is 0.224 e. The number of nitrogens with zero attached hydrogens (tertiary/aromatic N) is 2. The number of hydrogen-bond donors (Lipinski definition) is 1. The molecule has 1 aliphatic rings. The maximum absolute atomic E-state index is 6.17. The fraction of sp³-hybridized carbons (Fsp3) is 0.143. The molecule has 0 spiro atoms. The Kier molecular flexibility index (Phi) is 4.24. The van der Waals surface area contributed by atoms with Gasteiger partial charge >= 0.3 is 0 Å². The number of allylic oxidation sites excluding steroid dienone is 4. The molecule has 4 rings (SSSR count). The minimum Gasteiger partial charge on any atom is -0.340 e. The third kappa shape index (κ3) is 3.28. The molecule has 0 fully saturated rings.